The fraction of sp³-hybridized carbons (Fsp3) is 0.353. The van der Waals surface area contributed by atoms with Gasteiger partial charge in [0.1, 0.15) is 5.01 Å². The number of amides is 2. The van der Waals surface area contributed by atoms with Crippen LogP contribution in [0.5, 0.6) is 0 Å². The van der Waals surface area contributed by atoms with E-state index in [0.29, 0.717) is 24.7 Å². The van der Waals surface area contributed by atoms with Gasteiger partial charge in [0.2, 0.25) is 0 Å². The first-order chi connectivity index (χ1) is 12.0. The molecule has 2 amide bonds. The third-order valence-electron chi connectivity index (χ3n) is 3.24. The second-order valence-electron chi connectivity index (χ2n) is 5.21. The SMILES string of the molecule is CCCN(Cc1nc(C(=O)OCC)cs1)C(=O)Nc1ccc(Br)cc1. The van der Waals surface area contributed by atoms with Gasteiger partial charge in [-0.25, -0.2) is 14.6 Å². The number of ether oxygens (including phenoxy) is 1. The number of thiazole rings is 1. The number of esters is 1. The van der Waals surface area contributed by atoms with Crippen LogP contribution in [0.25, 0.3) is 0 Å². The largest absolute Gasteiger partial charge is 0.461 e. The van der Waals surface area contributed by atoms with Gasteiger partial charge in [-0.3, -0.25) is 0 Å². The molecule has 1 aromatic carbocycles. The lowest BCUT2D eigenvalue weighted by atomic mass is 10.3. The summed E-state index contributed by atoms with van der Waals surface area (Å²) >= 11 is 4.71. The molecule has 0 spiro atoms. The van der Waals surface area contributed by atoms with Crippen molar-refractivity contribution in [2.45, 2.75) is 26.8 Å². The lowest BCUT2D eigenvalue weighted by Crippen LogP contribution is -2.35. The summed E-state index contributed by atoms with van der Waals surface area (Å²) in [6.07, 6.45) is 0.823. The number of carbonyl (C=O) groups excluding carboxylic acids is 2. The van der Waals surface area contributed by atoms with Crippen molar-refractivity contribution in [2.24, 2.45) is 0 Å². The summed E-state index contributed by atoms with van der Waals surface area (Å²) in [5.74, 6) is -0.439. The molecule has 8 heteroatoms. The van der Waals surface area contributed by atoms with Gasteiger partial charge < -0.3 is 15.0 Å². The molecular formula is C17H20BrN3O3S. The van der Waals surface area contributed by atoms with Gasteiger partial charge in [-0.2, -0.15) is 0 Å². The molecule has 0 saturated carbocycles. The average molecular weight is 426 g/mol. The van der Waals surface area contributed by atoms with Crippen LogP contribution >= 0.6 is 27.3 Å². The normalized spacial score (nSPS) is 10.4. The molecule has 0 aliphatic rings. The van der Waals surface area contributed by atoms with Crippen LogP contribution in [0, 0.1) is 0 Å². The van der Waals surface area contributed by atoms with Crippen LogP contribution in [-0.2, 0) is 11.3 Å². The standard InChI is InChI=1S/C17H20BrN3O3S/c1-3-9-21(17(23)19-13-7-5-12(18)6-8-13)10-15-20-14(11-25-15)16(22)24-4-2/h5-8,11H,3-4,9-10H2,1-2H3,(H,19,23). The number of anilines is 1. The lowest BCUT2D eigenvalue weighted by molar-refractivity contribution is 0.0520. The van der Waals surface area contributed by atoms with Crippen molar-refractivity contribution in [1.82, 2.24) is 9.88 Å². The summed E-state index contributed by atoms with van der Waals surface area (Å²) in [6, 6.07) is 7.19. The van der Waals surface area contributed by atoms with E-state index in [9.17, 15) is 9.59 Å². The number of nitrogens with one attached hydrogen (secondary N) is 1. The maximum Gasteiger partial charge on any atom is 0.357 e. The molecule has 0 fully saturated rings. The van der Waals surface area contributed by atoms with Crippen molar-refractivity contribution in [3.05, 3.63) is 44.8 Å². The zero-order chi connectivity index (χ0) is 18.2. The third-order valence-corrected chi connectivity index (χ3v) is 4.60. The fourth-order valence-corrected chi connectivity index (χ4v) is 3.15. The number of nitrogens with zero attached hydrogens (tertiary/aromatic N) is 2. The summed E-state index contributed by atoms with van der Waals surface area (Å²) < 4.78 is 5.89. The summed E-state index contributed by atoms with van der Waals surface area (Å²) in [7, 11) is 0. The molecule has 2 rings (SSSR count). The van der Waals surface area contributed by atoms with Crippen LogP contribution in [0.3, 0.4) is 0 Å². The van der Waals surface area contributed by atoms with E-state index < -0.39 is 5.97 Å². The molecule has 0 aliphatic carbocycles. The highest BCUT2D eigenvalue weighted by molar-refractivity contribution is 9.10. The van der Waals surface area contributed by atoms with E-state index in [0.717, 1.165) is 16.6 Å². The number of hydrogen-bond donors (Lipinski definition) is 1. The number of urea groups is 1. The topological polar surface area (TPSA) is 71.5 Å². The Morgan fingerprint density at radius 2 is 2.00 bits per heavy atom. The van der Waals surface area contributed by atoms with Crippen molar-refractivity contribution < 1.29 is 14.3 Å². The predicted molar refractivity (Wildman–Crippen MR) is 102 cm³/mol. The first-order valence-corrected chi connectivity index (χ1v) is 9.63. The van der Waals surface area contributed by atoms with Crippen molar-refractivity contribution >= 4 is 45.0 Å². The maximum atomic E-state index is 12.5. The molecule has 1 heterocycles. The molecule has 6 nitrogen and oxygen atoms in total. The first kappa shape index (κ1) is 19.4. The summed E-state index contributed by atoms with van der Waals surface area (Å²) in [5, 5.41) is 5.23. The van der Waals surface area contributed by atoms with Crippen LogP contribution in [0.1, 0.15) is 35.8 Å². The van der Waals surface area contributed by atoms with Crippen molar-refractivity contribution in [3.8, 4) is 0 Å². The van der Waals surface area contributed by atoms with Crippen LogP contribution < -0.4 is 5.32 Å². The van der Waals surface area contributed by atoms with E-state index in [2.05, 4.69) is 26.2 Å². The Balaban J connectivity index is 2.03. The second kappa shape index (κ2) is 9.53. The van der Waals surface area contributed by atoms with Crippen LogP contribution in [0.15, 0.2) is 34.1 Å². The Morgan fingerprint density at radius 3 is 2.64 bits per heavy atom. The number of aromatic nitrogens is 1. The number of carbonyl (C=O) groups is 2. The summed E-state index contributed by atoms with van der Waals surface area (Å²) in [4.78, 5) is 30.2. The number of rotatable bonds is 7. The van der Waals surface area contributed by atoms with Crippen molar-refractivity contribution in [2.75, 3.05) is 18.5 Å². The van der Waals surface area contributed by atoms with Gasteiger partial charge in [-0.05, 0) is 37.6 Å². The highest BCUT2D eigenvalue weighted by Gasteiger charge is 2.17. The zero-order valence-electron chi connectivity index (χ0n) is 14.1. The Hall–Kier alpha value is -1.93. The van der Waals surface area contributed by atoms with Crippen LogP contribution in [0.2, 0.25) is 0 Å². The molecule has 0 bridgehead atoms. The monoisotopic (exact) mass is 425 g/mol. The smallest absolute Gasteiger partial charge is 0.357 e. The van der Waals surface area contributed by atoms with Gasteiger partial charge in [-0.1, -0.05) is 22.9 Å². The highest BCUT2D eigenvalue weighted by Crippen LogP contribution is 2.17. The number of hydrogen-bond acceptors (Lipinski definition) is 5. The summed E-state index contributed by atoms with van der Waals surface area (Å²) in [5.41, 5.74) is 1.01. The van der Waals surface area contributed by atoms with E-state index in [4.69, 9.17) is 4.74 Å². The molecule has 2 aromatic rings. The Labute approximate surface area is 159 Å². The van der Waals surface area contributed by atoms with Gasteiger partial charge in [-0.15, -0.1) is 11.3 Å². The second-order valence-corrected chi connectivity index (χ2v) is 7.06. The van der Waals surface area contributed by atoms with Gasteiger partial charge in [0.15, 0.2) is 5.69 Å². The lowest BCUT2D eigenvalue weighted by Gasteiger charge is -2.21. The highest BCUT2D eigenvalue weighted by atomic mass is 79.9. The fourth-order valence-electron chi connectivity index (χ4n) is 2.10. The van der Waals surface area contributed by atoms with Crippen molar-refractivity contribution in [1.29, 1.82) is 0 Å². The van der Waals surface area contributed by atoms with E-state index in [1.807, 2.05) is 31.2 Å². The van der Waals surface area contributed by atoms with E-state index in [-0.39, 0.29) is 11.7 Å². The van der Waals surface area contributed by atoms with Crippen LogP contribution in [-0.4, -0.2) is 35.0 Å². The molecule has 0 saturated heterocycles. The van der Waals surface area contributed by atoms with Gasteiger partial charge in [0, 0.05) is 22.1 Å². The van der Waals surface area contributed by atoms with E-state index >= 15 is 0 Å². The third kappa shape index (κ3) is 5.82. The molecular weight excluding hydrogens is 406 g/mol. The molecule has 0 aliphatic heterocycles. The predicted octanol–water partition coefficient (Wildman–Crippen LogP) is 4.53. The quantitative estimate of drug-likeness (QED) is 0.661. The molecule has 1 N–H and O–H groups in total. The van der Waals surface area contributed by atoms with E-state index in [1.54, 1.807) is 17.2 Å². The molecule has 0 unspecified atom stereocenters. The maximum absolute atomic E-state index is 12.5. The molecule has 134 valence electrons. The van der Waals surface area contributed by atoms with E-state index in [1.165, 1.54) is 11.3 Å². The minimum absolute atomic E-state index is 0.197. The number of halogens is 1. The molecule has 25 heavy (non-hydrogen) atoms. The number of benzene rings is 1. The Morgan fingerprint density at radius 1 is 1.28 bits per heavy atom. The minimum atomic E-state index is -0.439. The van der Waals surface area contributed by atoms with Crippen LogP contribution in [0.4, 0.5) is 10.5 Å². The molecule has 0 radical (unpaired) electrons. The van der Waals surface area contributed by atoms with Crippen molar-refractivity contribution in [3.63, 3.8) is 0 Å². The molecule has 0 atom stereocenters. The Kier molecular flexibility index (Phi) is 7.39. The first-order valence-electron chi connectivity index (χ1n) is 7.96. The minimum Gasteiger partial charge on any atom is -0.461 e. The Bertz CT molecular complexity index is 718. The average Bonchev–Trinajstić information content (AvgIpc) is 3.05. The van der Waals surface area contributed by atoms with Gasteiger partial charge in [0.25, 0.3) is 0 Å². The summed E-state index contributed by atoms with van der Waals surface area (Å²) in [6.45, 7) is 5.01. The zero-order valence-corrected chi connectivity index (χ0v) is 16.5. The van der Waals surface area contributed by atoms with Gasteiger partial charge >= 0.3 is 12.0 Å². The van der Waals surface area contributed by atoms with Gasteiger partial charge in [0.05, 0.1) is 13.2 Å². The molecule has 1 aromatic heterocycles.